The molecule has 0 aromatic heterocycles. The normalized spacial score (nSPS) is 15.0. The lowest BCUT2D eigenvalue weighted by molar-refractivity contribution is 0.0927. The smallest absolute Gasteiger partial charge is 0.264 e. The number of halogens is 1. The molecule has 1 aliphatic rings. The van der Waals surface area contributed by atoms with E-state index in [2.05, 4.69) is 5.32 Å². The molecule has 0 unspecified atom stereocenters. The molecule has 1 saturated carbocycles. The molecule has 6 nitrogen and oxygen atoms in total. The fourth-order valence-corrected chi connectivity index (χ4v) is 4.86. The molecular formula is C21H25ClN2O4S. The number of hydrogen-bond acceptors (Lipinski definition) is 4. The summed E-state index contributed by atoms with van der Waals surface area (Å²) < 4.78 is 32.4. The highest BCUT2D eigenvalue weighted by Crippen LogP contribution is 2.27. The third-order valence-corrected chi connectivity index (χ3v) is 7.33. The van der Waals surface area contributed by atoms with Gasteiger partial charge in [-0.25, -0.2) is 8.42 Å². The number of amides is 1. The van der Waals surface area contributed by atoms with Crippen LogP contribution in [-0.2, 0) is 10.0 Å². The van der Waals surface area contributed by atoms with E-state index in [9.17, 15) is 13.2 Å². The zero-order valence-corrected chi connectivity index (χ0v) is 18.1. The predicted molar refractivity (Wildman–Crippen MR) is 114 cm³/mol. The van der Waals surface area contributed by atoms with Crippen LogP contribution in [0.5, 0.6) is 5.75 Å². The van der Waals surface area contributed by atoms with Crippen molar-refractivity contribution >= 4 is 33.2 Å². The number of ether oxygens (including phenoxy) is 1. The molecule has 1 fully saturated rings. The summed E-state index contributed by atoms with van der Waals surface area (Å²) in [5.74, 6) is 0.291. The summed E-state index contributed by atoms with van der Waals surface area (Å²) in [6.45, 7) is 0. The Morgan fingerprint density at radius 2 is 1.76 bits per heavy atom. The van der Waals surface area contributed by atoms with Crippen molar-refractivity contribution in [2.75, 3.05) is 18.5 Å². The second kappa shape index (κ2) is 9.05. The first-order chi connectivity index (χ1) is 13.8. The molecule has 0 aliphatic heterocycles. The molecular weight excluding hydrogens is 412 g/mol. The van der Waals surface area contributed by atoms with Crippen molar-refractivity contribution in [1.29, 1.82) is 0 Å². The SMILES string of the molecule is COc1ccc(N(C)S(=O)(=O)c2ccc(Cl)c(C(=O)NC3CCCCC3)c2)cc1. The minimum Gasteiger partial charge on any atom is -0.497 e. The van der Waals surface area contributed by atoms with Crippen LogP contribution < -0.4 is 14.4 Å². The van der Waals surface area contributed by atoms with Crippen molar-refractivity contribution in [3.05, 3.63) is 53.1 Å². The molecule has 2 aromatic rings. The minimum absolute atomic E-state index is 0.00834. The molecule has 1 amide bonds. The van der Waals surface area contributed by atoms with Crippen LogP contribution >= 0.6 is 11.6 Å². The van der Waals surface area contributed by atoms with Crippen LogP contribution in [0.4, 0.5) is 5.69 Å². The molecule has 0 saturated heterocycles. The Labute approximate surface area is 176 Å². The van der Waals surface area contributed by atoms with E-state index < -0.39 is 10.0 Å². The van der Waals surface area contributed by atoms with E-state index in [1.165, 1.54) is 36.0 Å². The van der Waals surface area contributed by atoms with Crippen molar-refractivity contribution in [3.63, 3.8) is 0 Å². The third kappa shape index (κ3) is 4.85. The number of sulfonamides is 1. The van der Waals surface area contributed by atoms with Gasteiger partial charge in [0.15, 0.2) is 0 Å². The van der Waals surface area contributed by atoms with Gasteiger partial charge in [0, 0.05) is 13.1 Å². The number of benzene rings is 2. The van der Waals surface area contributed by atoms with Crippen LogP contribution in [0.3, 0.4) is 0 Å². The van der Waals surface area contributed by atoms with E-state index in [4.69, 9.17) is 16.3 Å². The molecule has 0 spiro atoms. The summed E-state index contributed by atoms with van der Waals surface area (Å²) >= 11 is 6.21. The van der Waals surface area contributed by atoms with E-state index in [1.54, 1.807) is 31.4 Å². The molecule has 1 aliphatic carbocycles. The molecule has 29 heavy (non-hydrogen) atoms. The Kier molecular flexibility index (Phi) is 6.70. The predicted octanol–water partition coefficient (Wildman–Crippen LogP) is 4.24. The largest absolute Gasteiger partial charge is 0.497 e. The maximum atomic E-state index is 13.1. The van der Waals surface area contributed by atoms with Crippen LogP contribution in [0.15, 0.2) is 47.4 Å². The first-order valence-electron chi connectivity index (χ1n) is 9.56. The van der Waals surface area contributed by atoms with Gasteiger partial charge in [-0.2, -0.15) is 0 Å². The van der Waals surface area contributed by atoms with Gasteiger partial charge in [-0.1, -0.05) is 30.9 Å². The molecule has 0 bridgehead atoms. The van der Waals surface area contributed by atoms with Crippen molar-refractivity contribution in [1.82, 2.24) is 5.32 Å². The Hall–Kier alpha value is -2.25. The first kappa shape index (κ1) is 21.5. The zero-order valence-electron chi connectivity index (χ0n) is 16.5. The van der Waals surface area contributed by atoms with E-state index >= 15 is 0 Å². The number of carbonyl (C=O) groups is 1. The Morgan fingerprint density at radius 1 is 1.10 bits per heavy atom. The maximum absolute atomic E-state index is 13.1. The van der Waals surface area contributed by atoms with Gasteiger partial charge < -0.3 is 10.1 Å². The summed E-state index contributed by atoms with van der Waals surface area (Å²) in [4.78, 5) is 12.7. The molecule has 8 heteroatoms. The summed E-state index contributed by atoms with van der Waals surface area (Å²) in [5, 5.41) is 3.21. The van der Waals surface area contributed by atoms with E-state index in [0.717, 1.165) is 25.7 Å². The quantitative estimate of drug-likeness (QED) is 0.734. The lowest BCUT2D eigenvalue weighted by Crippen LogP contribution is -2.36. The van der Waals surface area contributed by atoms with E-state index in [-0.39, 0.29) is 27.4 Å². The van der Waals surface area contributed by atoms with Gasteiger partial charge in [0.05, 0.1) is 28.3 Å². The first-order valence-corrected chi connectivity index (χ1v) is 11.4. The Morgan fingerprint density at radius 3 is 2.38 bits per heavy atom. The zero-order chi connectivity index (χ0) is 21.0. The summed E-state index contributed by atoms with van der Waals surface area (Å²) in [6.07, 6.45) is 5.21. The van der Waals surface area contributed by atoms with Crippen molar-refractivity contribution < 1.29 is 17.9 Å². The van der Waals surface area contributed by atoms with Crippen molar-refractivity contribution in [2.45, 2.75) is 43.0 Å². The second-order valence-electron chi connectivity index (χ2n) is 7.12. The summed E-state index contributed by atoms with van der Waals surface area (Å²) in [5.41, 5.74) is 0.649. The number of rotatable bonds is 6. The van der Waals surface area contributed by atoms with Gasteiger partial charge in [-0.3, -0.25) is 9.10 Å². The van der Waals surface area contributed by atoms with Crippen molar-refractivity contribution in [2.24, 2.45) is 0 Å². The number of hydrogen-bond donors (Lipinski definition) is 1. The number of methoxy groups -OCH3 is 1. The van der Waals surface area contributed by atoms with Crippen LogP contribution in [0.1, 0.15) is 42.5 Å². The minimum atomic E-state index is -3.86. The van der Waals surface area contributed by atoms with Crippen LogP contribution in [0.25, 0.3) is 0 Å². The molecule has 3 rings (SSSR count). The van der Waals surface area contributed by atoms with E-state index in [1.807, 2.05) is 0 Å². The number of anilines is 1. The highest BCUT2D eigenvalue weighted by molar-refractivity contribution is 7.92. The Bertz CT molecular complexity index is 971. The topological polar surface area (TPSA) is 75.7 Å². The highest BCUT2D eigenvalue weighted by atomic mass is 35.5. The molecule has 0 radical (unpaired) electrons. The monoisotopic (exact) mass is 436 g/mol. The van der Waals surface area contributed by atoms with Crippen LogP contribution in [-0.4, -0.2) is 34.5 Å². The Balaban J connectivity index is 1.85. The van der Waals surface area contributed by atoms with Gasteiger partial charge in [-0.15, -0.1) is 0 Å². The summed E-state index contributed by atoms with van der Waals surface area (Å²) in [7, 11) is -0.853. The standard InChI is InChI=1S/C21H25ClN2O4S/c1-24(16-8-10-17(28-2)11-9-16)29(26,27)18-12-13-20(22)19(14-18)21(25)23-15-6-4-3-5-7-15/h8-15H,3-7H2,1-2H3,(H,23,25). The molecule has 1 N–H and O–H groups in total. The number of nitrogens with one attached hydrogen (secondary N) is 1. The number of carbonyl (C=O) groups excluding carboxylic acids is 1. The molecule has 0 heterocycles. The van der Waals surface area contributed by atoms with Gasteiger partial charge in [-0.05, 0) is 55.3 Å². The molecule has 156 valence electrons. The van der Waals surface area contributed by atoms with Gasteiger partial charge in [0.2, 0.25) is 0 Å². The van der Waals surface area contributed by atoms with E-state index in [0.29, 0.717) is 11.4 Å². The third-order valence-electron chi connectivity index (χ3n) is 5.22. The van der Waals surface area contributed by atoms with Crippen LogP contribution in [0.2, 0.25) is 5.02 Å². The summed E-state index contributed by atoms with van der Waals surface area (Å²) in [6, 6.07) is 11.0. The fourth-order valence-electron chi connectivity index (χ4n) is 3.44. The van der Waals surface area contributed by atoms with Gasteiger partial charge in [0.1, 0.15) is 5.75 Å². The average molecular weight is 437 g/mol. The molecule has 0 atom stereocenters. The highest BCUT2D eigenvalue weighted by Gasteiger charge is 2.25. The second-order valence-corrected chi connectivity index (χ2v) is 9.50. The lowest BCUT2D eigenvalue weighted by atomic mass is 9.95. The van der Waals surface area contributed by atoms with Gasteiger partial charge in [0.25, 0.3) is 15.9 Å². The maximum Gasteiger partial charge on any atom is 0.264 e. The van der Waals surface area contributed by atoms with Crippen molar-refractivity contribution in [3.8, 4) is 5.75 Å². The average Bonchev–Trinajstić information content (AvgIpc) is 2.74. The van der Waals surface area contributed by atoms with Gasteiger partial charge >= 0.3 is 0 Å². The lowest BCUT2D eigenvalue weighted by Gasteiger charge is -2.23. The fraction of sp³-hybridized carbons (Fsp3) is 0.381. The number of nitrogens with zero attached hydrogens (tertiary/aromatic N) is 1. The van der Waals surface area contributed by atoms with Crippen LogP contribution in [0, 0.1) is 0 Å². The molecule has 2 aromatic carbocycles.